The molecule has 0 radical (unpaired) electrons. The van der Waals surface area contributed by atoms with E-state index >= 15 is 0 Å². The second kappa shape index (κ2) is 9.12. The van der Waals surface area contributed by atoms with E-state index in [0.29, 0.717) is 0 Å². The van der Waals surface area contributed by atoms with Crippen molar-refractivity contribution in [1.29, 1.82) is 0 Å². The number of rotatable bonds is 7. The molecule has 3 rings (SSSR count). The van der Waals surface area contributed by atoms with Crippen LogP contribution in [0.5, 0.6) is 0 Å². The number of piperidine rings is 1. The van der Waals surface area contributed by atoms with Crippen molar-refractivity contribution >= 4 is 0 Å². The molecule has 1 aliphatic rings. The van der Waals surface area contributed by atoms with Crippen molar-refractivity contribution in [2.24, 2.45) is 5.92 Å². The van der Waals surface area contributed by atoms with Crippen LogP contribution in [0.3, 0.4) is 0 Å². The van der Waals surface area contributed by atoms with Crippen LogP contribution in [0.1, 0.15) is 24.0 Å². The topological polar surface area (TPSA) is 6.48 Å². The lowest BCUT2D eigenvalue weighted by molar-refractivity contribution is 0.153. The molecule has 0 spiro atoms. The van der Waals surface area contributed by atoms with Gasteiger partial charge in [0.25, 0.3) is 0 Å². The highest BCUT2D eigenvalue weighted by Gasteiger charge is 2.20. The number of benzene rings is 2. The molecule has 2 nitrogen and oxygen atoms in total. The van der Waals surface area contributed by atoms with Crippen molar-refractivity contribution in [3.8, 4) is 0 Å². The van der Waals surface area contributed by atoms with Gasteiger partial charge in [-0.3, -0.25) is 0 Å². The van der Waals surface area contributed by atoms with Gasteiger partial charge in [0.05, 0.1) is 0 Å². The number of hydrogen-bond acceptors (Lipinski definition) is 2. The molecule has 0 bridgehead atoms. The van der Waals surface area contributed by atoms with Crippen LogP contribution in [0.2, 0.25) is 0 Å². The molecule has 0 amide bonds. The molecule has 0 N–H and O–H groups in total. The molecular formula is C22H29FN2. The van der Waals surface area contributed by atoms with Gasteiger partial charge in [-0.25, -0.2) is 4.39 Å². The van der Waals surface area contributed by atoms with Gasteiger partial charge in [-0.15, -0.1) is 0 Å². The Bertz CT molecular complexity index is 635. The van der Waals surface area contributed by atoms with Crippen molar-refractivity contribution in [3.63, 3.8) is 0 Å². The molecule has 0 saturated carbocycles. The normalized spacial score (nSPS) is 16.4. The van der Waals surface area contributed by atoms with E-state index in [2.05, 4.69) is 47.2 Å². The summed E-state index contributed by atoms with van der Waals surface area (Å²) >= 11 is 0. The number of likely N-dealkylation sites (tertiary alicyclic amines) is 1. The second-order valence-corrected chi connectivity index (χ2v) is 7.31. The molecule has 0 atom stereocenters. The second-order valence-electron chi connectivity index (χ2n) is 7.31. The lowest BCUT2D eigenvalue weighted by Crippen LogP contribution is -2.38. The third kappa shape index (κ3) is 5.65. The van der Waals surface area contributed by atoms with Crippen LogP contribution in [-0.2, 0) is 13.0 Å². The van der Waals surface area contributed by atoms with E-state index in [1.807, 2.05) is 12.1 Å². The van der Waals surface area contributed by atoms with Crippen LogP contribution >= 0.6 is 0 Å². The summed E-state index contributed by atoms with van der Waals surface area (Å²) in [6.07, 6.45) is 3.30. The first-order chi connectivity index (χ1) is 12.2. The molecule has 2 aromatic carbocycles. The van der Waals surface area contributed by atoms with E-state index in [4.69, 9.17) is 0 Å². The molecule has 1 fully saturated rings. The van der Waals surface area contributed by atoms with E-state index in [-0.39, 0.29) is 5.82 Å². The Hall–Kier alpha value is -1.71. The molecular weight excluding hydrogens is 311 g/mol. The van der Waals surface area contributed by atoms with Crippen LogP contribution in [0.4, 0.5) is 4.39 Å². The zero-order chi connectivity index (χ0) is 17.5. The number of hydrogen-bond donors (Lipinski definition) is 0. The van der Waals surface area contributed by atoms with Crippen molar-refractivity contribution < 1.29 is 4.39 Å². The highest BCUT2D eigenvalue weighted by Crippen LogP contribution is 2.19. The SMILES string of the molecule is CN(Cc1ccccc1)CC1CCN(CCc2ccccc2F)CC1. The Morgan fingerprint density at radius 1 is 1.00 bits per heavy atom. The maximum Gasteiger partial charge on any atom is 0.126 e. The average molecular weight is 340 g/mol. The minimum absolute atomic E-state index is 0.0695. The first-order valence-corrected chi connectivity index (χ1v) is 9.39. The van der Waals surface area contributed by atoms with Gasteiger partial charge < -0.3 is 9.80 Å². The summed E-state index contributed by atoms with van der Waals surface area (Å²) in [5.41, 5.74) is 2.22. The van der Waals surface area contributed by atoms with Crippen LogP contribution in [0.15, 0.2) is 54.6 Å². The summed E-state index contributed by atoms with van der Waals surface area (Å²) in [6, 6.07) is 17.8. The molecule has 1 heterocycles. The zero-order valence-electron chi connectivity index (χ0n) is 15.2. The van der Waals surface area contributed by atoms with E-state index in [9.17, 15) is 4.39 Å². The van der Waals surface area contributed by atoms with Crippen LogP contribution < -0.4 is 0 Å². The highest BCUT2D eigenvalue weighted by molar-refractivity contribution is 5.17. The Morgan fingerprint density at radius 3 is 2.40 bits per heavy atom. The summed E-state index contributed by atoms with van der Waals surface area (Å²) in [4.78, 5) is 4.93. The maximum atomic E-state index is 13.7. The van der Waals surface area contributed by atoms with Gasteiger partial charge >= 0.3 is 0 Å². The van der Waals surface area contributed by atoms with Crippen LogP contribution in [0, 0.1) is 11.7 Å². The largest absolute Gasteiger partial charge is 0.303 e. The number of nitrogens with zero attached hydrogens (tertiary/aromatic N) is 2. The fraction of sp³-hybridized carbons (Fsp3) is 0.455. The predicted molar refractivity (Wildman–Crippen MR) is 102 cm³/mol. The van der Waals surface area contributed by atoms with Gasteiger partial charge in [-0.2, -0.15) is 0 Å². The minimum Gasteiger partial charge on any atom is -0.303 e. The monoisotopic (exact) mass is 340 g/mol. The minimum atomic E-state index is -0.0695. The van der Waals surface area contributed by atoms with E-state index in [1.165, 1.54) is 18.4 Å². The van der Waals surface area contributed by atoms with Gasteiger partial charge in [0.15, 0.2) is 0 Å². The summed E-state index contributed by atoms with van der Waals surface area (Å²) in [7, 11) is 2.22. The smallest absolute Gasteiger partial charge is 0.126 e. The van der Waals surface area contributed by atoms with Crippen molar-refractivity contribution in [3.05, 3.63) is 71.5 Å². The van der Waals surface area contributed by atoms with Gasteiger partial charge in [0.2, 0.25) is 0 Å². The predicted octanol–water partition coefficient (Wildman–Crippen LogP) is 4.21. The lowest BCUT2D eigenvalue weighted by atomic mass is 9.95. The summed E-state index contributed by atoms with van der Waals surface area (Å²) in [5.74, 6) is 0.707. The van der Waals surface area contributed by atoms with Gasteiger partial charge in [-0.05, 0) is 62.5 Å². The Kier molecular flexibility index (Phi) is 6.60. The molecule has 1 aliphatic heterocycles. The van der Waals surface area contributed by atoms with Crippen molar-refractivity contribution in [1.82, 2.24) is 9.80 Å². The molecule has 1 saturated heterocycles. The van der Waals surface area contributed by atoms with Crippen LogP contribution in [-0.4, -0.2) is 43.0 Å². The van der Waals surface area contributed by atoms with Gasteiger partial charge in [0, 0.05) is 19.6 Å². The number of halogens is 1. The van der Waals surface area contributed by atoms with Crippen molar-refractivity contribution in [2.75, 3.05) is 33.2 Å². The Morgan fingerprint density at radius 2 is 1.68 bits per heavy atom. The molecule has 0 unspecified atom stereocenters. The molecule has 2 aromatic rings. The van der Waals surface area contributed by atoms with Gasteiger partial charge in [0.1, 0.15) is 5.82 Å². The third-order valence-corrected chi connectivity index (χ3v) is 5.23. The first-order valence-electron chi connectivity index (χ1n) is 9.39. The molecule has 0 aliphatic carbocycles. The fourth-order valence-electron chi connectivity index (χ4n) is 3.77. The quantitative estimate of drug-likeness (QED) is 0.745. The van der Waals surface area contributed by atoms with Gasteiger partial charge in [-0.1, -0.05) is 48.5 Å². The molecule has 0 aromatic heterocycles. The maximum absolute atomic E-state index is 13.7. The lowest BCUT2D eigenvalue weighted by Gasteiger charge is -2.34. The third-order valence-electron chi connectivity index (χ3n) is 5.23. The van der Waals surface area contributed by atoms with Crippen LogP contribution in [0.25, 0.3) is 0 Å². The van der Waals surface area contributed by atoms with E-state index in [0.717, 1.165) is 50.6 Å². The fourth-order valence-corrected chi connectivity index (χ4v) is 3.77. The standard InChI is InChI=1S/C22H29FN2/c1-24(17-19-7-3-2-4-8-19)18-20-11-14-25(15-12-20)16-13-21-9-5-6-10-22(21)23/h2-10,20H,11-18H2,1H3. The summed E-state index contributed by atoms with van der Waals surface area (Å²) in [6.45, 7) is 5.43. The zero-order valence-corrected chi connectivity index (χ0v) is 15.2. The molecule has 134 valence electrons. The molecule has 3 heteroatoms. The Balaban J connectivity index is 1.37. The van der Waals surface area contributed by atoms with Crippen molar-refractivity contribution in [2.45, 2.75) is 25.8 Å². The Labute approximate surface area is 151 Å². The first kappa shape index (κ1) is 18.1. The molecule has 25 heavy (non-hydrogen) atoms. The average Bonchev–Trinajstić information content (AvgIpc) is 2.63. The summed E-state index contributed by atoms with van der Waals surface area (Å²) < 4.78 is 13.7. The van der Waals surface area contributed by atoms with E-state index < -0.39 is 0 Å². The highest BCUT2D eigenvalue weighted by atomic mass is 19.1. The van der Waals surface area contributed by atoms with E-state index in [1.54, 1.807) is 12.1 Å². The summed E-state index contributed by atoms with van der Waals surface area (Å²) in [5, 5.41) is 0.